The number of benzene rings is 2. The number of nitrogen functional groups attached to an aromatic ring is 1. The topological polar surface area (TPSA) is 101 Å². The van der Waals surface area contributed by atoms with Crippen LogP contribution in [0, 0.1) is 0 Å². The number of fused-ring (bicyclic) bond motifs is 2. The third-order valence-corrected chi connectivity index (χ3v) is 8.98. The maximum atomic E-state index is 6.44. The number of aromatic nitrogens is 5. The minimum Gasteiger partial charge on any atom is -0.383 e. The van der Waals surface area contributed by atoms with Gasteiger partial charge in [-0.25, -0.2) is 19.9 Å². The van der Waals surface area contributed by atoms with Crippen molar-refractivity contribution in [2.24, 2.45) is 0 Å². The molecule has 0 radical (unpaired) electrons. The molecule has 2 aromatic carbocycles. The van der Waals surface area contributed by atoms with Crippen molar-refractivity contribution in [3.8, 4) is 11.1 Å². The first-order valence-electron chi connectivity index (χ1n) is 14.4. The second-order valence-electron chi connectivity index (χ2n) is 11.3. The lowest BCUT2D eigenvalue weighted by Gasteiger charge is -2.41. The van der Waals surface area contributed by atoms with E-state index in [9.17, 15) is 0 Å². The summed E-state index contributed by atoms with van der Waals surface area (Å²) < 4.78 is 2.35. The fraction of sp³-hybridized carbons (Fsp3) is 0.355. The van der Waals surface area contributed by atoms with Gasteiger partial charge in [0, 0.05) is 72.3 Å². The Morgan fingerprint density at radius 1 is 0.902 bits per heavy atom. The third-order valence-electron chi connectivity index (χ3n) is 8.75. The average molecular weight is 568 g/mol. The summed E-state index contributed by atoms with van der Waals surface area (Å²) in [7, 11) is 2.22. The summed E-state index contributed by atoms with van der Waals surface area (Å²) in [6, 6.07) is 14.9. The molecule has 1 saturated carbocycles. The molecule has 3 aromatic heterocycles. The van der Waals surface area contributed by atoms with E-state index in [4.69, 9.17) is 22.3 Å². The summed E-state index contributed by atoms with van der Waals surface area (Å²) in [6.45, 7) is 4.69. The van der Waals surface area contributed by atoms with Crippen LogP contribution in [0.25, 0.3) is 33.1 Å². The van der Waals surface area contributed by atoms with Gasteiger partial charge in [-0.2, -0.15) is 0 Å². The minimum absolute atomic E-state index is 0.406. The Morgan fingerprint density at radius 2 is 1.66 bits per heavy atom. The monoisotopic (exact) mass is 567 g/mol. The number of anilines is 3. The SMILES string of the molecule is CN1CCN([C@H]2CC[C@H](n3cc(-c4ccc(Nc5ncc6ccc(Cl)cc6n5)cc4)c4c(N)ncnc43)CC2)CC1. The van der Waals surface area contributed by atoms with E-state index in [1.54, 1.807) is 12.5 Å². The third kappa shape index (κ3) is 5.21. The van der Waals surface area contributed by atoms with E-state index in [1.165, 1.54) is 39.0 Å². The van der Waals surface area contributed by atoms with Crippen LogP contribution in [0.3, 0.4) is 0 Å². The van der Waals surface area contributed by atoms with Crippen molar-refractivity contribution in [1.29, 1.82) is 0 Å². The Hall–Kier alpha value is -3.79. The molecule has 2 fully saturated rings. The van der Waals surface area contributed by atoms with Crippen molar-refractivity contribution in [3.05, 3.63) is 66.2 Å². The van der Waals surface area contributed by atoms with Crippen molar-refractivity contribution in [2.45, 2.75) is 37.8 Å². The van der Waals surface area contributed by atoms with Gasteiger partial charge in [0.2, 0.25) is 5.95 Å². The smallest absolute Gasteiger partial charge is 0.227 e. The van der Waals surface area contributed by atoms with Gasteiger partial charge in [0.1, 0.15) is 17.8 Å². The first-order valence-corrected chi connectivity index (χ1v) is 14.7. The number of halogens is 1. The highest BCUT2D eigenvalue weighted by Gasteiger charge is 2.30. The highest BCUT2D eigenvalue weighted by molar-refractivity contribution is 6.31. The first kappa shape index (κ1) is 26.1. The standard InChI is InChI=1S/C31H34ClN9/c1-39-12-14-40(15-13-39)24-8-10-25(11-9-24)41-18-26(28-29(33)35-19-36-30(28)41)20-3-6-23(7-4-20)37-31-34-17-21-2-5-22(32)16-27(21)38-31/h2-7,16-19,24-25H,8-15H2,1H3,(H2,33,35,36)(H,34,37,38)/t24-,25-. The summed E-state index contributed by atoms with van der Waals surface area (Å²) >= 11 is 6.15. The highest BCUT2D eigenvalue weighted by Crippen LogP contribution is 2.39. The van der Waals surface area contributed by atoms with E-state index in [1.807, 2.05) is 30.3 Å². The van der Waals surface area contributed by atoms with Crippen LogP contribution in [0.2, 0.25) is 5.02 Å². The zero-order chi connectivity index (χ0) is 27.9. The zero-order valence-corrected chi connectivity index (χ0v) is 23.9. The van der Waals surface area contributed by atoms with E-state index >= 15 is 0 Å². The second-order valence-corrected chi connectivity index (χ2v) is 11.7. The summed E-state index contributed by atoms with van der Waals surface area (Å²) in [5.41, 5.74) is 11.2. The number of nitrogens with one attached hydrogen (secondary N) is 1. The number of hydrogen-bond donors (Lipinski definition) is 2. The molecule has 10 heteroatoms. The van der Waals surface area contributed by atoms with Crippen LogP contribution in [-0.4, -0.2) is 73.6 Å². The van der Waals surface area contributed by atoms with Gasteiger partial charge in [-0.1, -0.05) is 23.7 Å². The summed E-state index contributed by atoms with van der Waals surface area (Å²) in [5.74, 6) is 1.04. The van der Waals surface area contributed by atoms with Gasteiger partial charge in [0.15, 0.2) is 0 Å². The molecule has 0 unspecified atom stereocenters. The van der Waals surface area contributed by atoms with Gasteiger partial charge in [0.05, 0.1) is 10.9 Å². The van der Waals surface area contributed by atoms with Crippen LogP contribution < -0.4 is 11.1 Å². The van der Waals surface area contributed by atoms with Crippen molar-refractivity contribution in [2.75, 3.05) is 44.3 Å². The molecule has 1 aliphatic carbocycles. The molecule has 0 spiro atoms. The average Bonchev–Trinajstić information content (AvgIpc) is 3.39. The van der Waals surface area contributed by atoms with Crippen molar-refractivity contribution >= 4 is 51.0 Å². The highest BCUT2D eigenvalue weighted by atomic mass is 35.5. The lowest BCUT2D eigenvalue weighted by Crippen LogP contribution is -2.49. The molecule has 0 atom stereocenters. The maximum Gasteiger partial charge on any atom is 0.227 e. The molecule has 5 aromatic rings. The van der Waals surface area contributed by atoms with Gasteiger partial charge < -0.3 is 20.5 Å². The Morgan fingerprint density at radius 3 is 2.44 bits per heavy atom. The van der Waals surface area contributed by atoms with E-state index in [0.717, 1.165) is 51.6 Å². The molecule has 0 amide bonds. The van der Waals surface area contributed by atoms with Gasteiger partial charge in [0.25, 0.3) is 0 Å². The minimum atomic E-state index is 0.406. The number of likely N-dealkylation sites (N-methyl/N-ethyl adjacent to an activating group) is 1. The van der Waals surface area contributed by atoms with Crippen LogP contribution >= 0.6 is 11.6 Å². The molecular weight excluding hydrogens is 534 g/mol. The predicted octanol–water partition coefficient (Wildman–Crippen LogP) is 5.75. The Kier molecular flexibility index (Phi) is 6.94. The molecule has 1 saturated heterocycles. The van der Waals surface area contributed by atoms with Crippen molar-refractivity contribution in [3.63, 3.8) is 0 Å². The molecule has 9 nitrogen and oxygen atoms in total. The molecule has 4 heterocycles. The summed E-state index contributed by atoms with van der Waals surface area (Å²) in [6.07, 6.45) is 10.3. The van der Waals surface area contributed by atoms with Crippen LogP contribution in [0.5, 0.6) is 0 Å². The fourth-order valence-corrected chi connectivity index (χ4v) is 6.58. The number of piperazine rings is 1. The Balaban J connectivity index is 1.12. The molecule has 7 rings (SSSR count). The van der Waals surface area contributed by atoms with Crippen LogP contribution in [0.15, 0.2) is 61.2 Å². The Bertz CT molecular complexity index is 1680. The fourth-order valence-electron chi connectivity index (χ4n) is 6.41. The number of rotatable bonds is 5. The van der Waals surface area contributed by atoms with E-state index in [-0.39, 0.29) is 0 Å². The van der Waals surface area contributed by atoms with E-state index in [0.29, 0.717) is 28.9 Å². The number of hydrogen-bond acceptors (Lipinski definition) is 8. The lowest BCUT2D eigenvalue weighted by molar-refractivity contribution is 0.0828. The van der Waals surface area contributed by atoms with E-state index in [2.05, 4.69) is 60.0 Å². The number of nitrogens with zero attached hydrogens (tertiary/aromatic N) is 7. The largest absolute Gasteiger partial charge is 0.383 e. The number of nitrogens with two attached hydrogens (primary N) is 1. The normalized spacial score (nSPS) is 20.5. The molecule has 3 N–H and O–H groups in total. The maximum absolute atomic E-state index is 6.44. The van der Waals surface area contributed by atoms with Crippen molar-refractivity contribution < 1.29 is 0 Å². The molecule has 210 valence electrons. The molecule has 0 bridgehead atoms. The summed E-state index contributed by atoms with van der Waals surface area (Å²) in [5, 5.41) is 5.82. The molecule has 2 aliphatic rings. The zero-order valence-electron chi connectivity index (χ0n) is 23.2. The predicted molar refractivity (Wildman–Crippen MR) is 166 cm³/mol. The van der Waals surface area contributed by atoms with Gasteiger partial charge in [-0.05, 0) is 68.6 Å². The molecule has 1 aliphatic heterocycles. The quantitative estimate of drug-likeness (QED) is 0.277. The lowest BCUT2D eigenvalue weighted by atomic mass is 9.89. The van der Waals surface area contributed by atoms with Crippen LogP contribution in [-0.2, 0) is 0 Å². The van der Waals surface area contributed by atoms with Gasteiger partial charge in [-0.3, -0.25) is 4.90 Å². The van der Waals surface area contributed by atoms with Gasteiger partial charge in [-0.15, -0.1) is 0 Å². The first-order chi connectivity index (χ1) is 20.0. The molecular formula is C31H34ClN9. The second kappa shape index (κ2) is 10.9. The van der Waals surface area contributed by atoms with Crippen LogP contribution in [0.4, 0.5) is 17.5 Å². The van der Waals surface area contributed by atoms with Gasteiger partial charge >= 0.3 is 0 Å². The Labute approximate surface area is 244 Å². The van der Waals surface area contributed by atoms with E-state index < -0.39 is 0 Å². The van der Waals surface area contributed by atoms with Crippen LogP contribution in [0.1, 0.15) is 31.7 Å². The molecule has 41 heavy (non-hydrogen) atoms. The summed E-state index contributed by atoms with van der Waals surface area (Å²) in [4.78, 5) is 23.2. The van der Waals surface area contributed by atoms with Crippen molar-refractivity contribution in [1.82, 2.24) is 34.3 Å².